The molecule has 0 fully saturated rings. The molecule has 0 aliphatic heterocycles. The lowest BCUT2D eigenvalue weighted by atomic mass is 10.2. The van der Waals surface area contributed by atoms with Crippen molar-refractivity contribution in [2.24, 2.45) is 0 Å². The number of nitrogens with two attached hydrogens (primary N) is 2. The molecule has 0 heterocycles. The Morgan fingerprint density at radius 2 is 0.605 bits per heavy atom. The van der Waals surface area contributed by atoms with Crippen molar-refractivity contribution in [2.75, 3.05) is 11.5 Å². The van der Waals surface area contributed by atoms with E-state index >= 15 is 0 Å². The zero-order valence-electron chi connectivity index (χ0n) is 23.1. The number of hydrogen-bond donors (Lipinski definition) is 2. The largest absolute Gasteiger partial charge is 0.457 e. The van der Waals surface area contributed by atoms with E-state index in [1.165, 1.54) is 0 Å². The van der Waals surface area contributed by atoms with Gasteiger partial charge in [-0.2, -0.15) is 0 Å². The summed E-state index contributed by atoms with van der Waals surface area (Å²) in [4.78, 5) is 0. The molecule has 0 aliphatic carbocycles. The SMILES string of the molecule is Nc1cccc(Oc2ccc(Oc3ccccc3Oc3ccccc3Oc3ccc(Oc4cccc(N)c4)cc3)cc2)c1. The zero-order chi connectivity index (χ0) is 29.4. The van der Waals surface area contributed by atoms with E-state index in [1.807, 2.05) is 133 Å². The molecule has 6 rings (SSSR count). The second-order valence-corrected chi connectivity index (χ2v) is 9.49. The summed E-state index contributed by atoms with van der Waals surface area (Å²) in [6.07, 6.45) is 0. The van der Waals surface area contributed by atoms with Crippen LogP contribution in [0.3, 0.4) is 0 Å². The number of anilines is 2. The first-order chi connectivity index (χ1) is 21.1. The average molecular weight is 569 g/mol. The second-order valence-electron chi connectivity index (χ2n) is 9.49. The highest BCUT2D eigenvalue weighted by Gasteiger charge is 2.12. The lowest BCUT2D eigenvalue weighted by Crippen LogP contribution is -1.93. The zero-order valence-corrected chi connectivity index (χ0v) is 23.1. The third kappa shape index (κ3) is 7.17. The van der Waals surface area contributed by atoms with Crippen LogP contribution in [-0.2, 0) is 0 Å². The third-order valence-electron chi connectivity index (χ3n) is 6.21. The van der Waals surface area contributed by atoms with Crippen molar-refractivity contribution in [3.8, 4) is 57.5 Å². The molecule has 43 heavy (non-hydrogen) atoms. The van der Waals surface area contributed by atoms with Crippen molar-refractivity contribution in [3.63, 3.8) is 0 Å². The normalized spacial score (nSPS) is 10.5. The van der Waals surface area contributed by atoms with E-state index < -0.39 is 0 Å². The van der Waals surface area contributed by atoms with Crippen LogP contribution in [0.4, 0.5) is 11.4 Å². The Balaban J connectivity index is 1.13. The van der Waals surface area contributed by atoms with E-state index in [4.69, 9.17) is 35.2 Å². The minimum absolute atomic E-state index is 0.532. The maximum Gasteiger partial charge on any atom is 0.170 e. The van der Waals surface area contributed by atoms with Gasteiger partial charge in [0.2, 0.25) is 0 Å². The van der Waals surface area contributed by atoms with E-state index in [0.29, 0.717) is 68.9 Å². The Bertz CT molecular complexity index is 1690. The van der Waals surface area contributed by atoms with Crippen molar-refractivity contribution in [2.45, 2.75) is 0 Å². The highest BCUT2D eigenvalue weighted by molar-refractivity contribution is 5.51. The monoisotopic (exact) mass is 568 g/mol. The van der Waals surface area contributed by atoms with Crippen molar-refractivity contribution in [1.29, 1.82) is 0 Å². The van der Waals surface area contributed by atoms with E-state index in [-0.39, 0.29) is 0 Å². The minimum atomic E-state index is 0.532. The van der Waals surface area contributed by atoms with Gasteiger partial charge in [0.25, 0.3) is 0 Å². The molecule has 0 aromatic heterocycles. The molecule has 0 aliphatic rings. The van der Waals surface area contributed by atoms with Crippen LogP contribution in [-0.4, -0.2) is 0 Å². The summed E-state index contributed by atoms with van der Waals surface area (Å²) < 4.78 is 30.4. The van der Waals surface area contributed by atoms with E-state index in [1.54, 1.807) is 12.1 Å². The van der Waals surface area contributed by atoms with Gasteiger partial charge in [0.15, 0.2) is 23.0 Å². The predicted molar refractivity (Wildman–Crippen MR) is 168 cm³/mol. The molecule has 7 heteroatoms. The number of hydrogen-bond acceptors (Lipinski definition) is 7. The molecule has 0 spiro atoms. The molecule has 6 aromatic rings. The van der Waals surface area contributed by atoms with Crippen LogP contribution in [0, 0.1) is 0 Å². The van der Waals surface area contributed by atoms with E-state index in [9.17, 15) is 0 Å². The van der Waals surface area contributed by atoms with Crippen LogP contribution in [0.5, 0.6) is 57.5 Å². The molecule has 0 amide bonds. The first-order valence-corrected chi connectivity index (χ1v) is 13.6. The fraction of sp³-hybridized carbons (Fsp3) is 0. The number of nitrogen functional groups attached to an aromatic ring is 2. The van der Waals surface area contributed by atoms with Gasteiger partial charge in [0.05, 0.1) is 0 Å². The summed E-state index contributed by atoms with van der Waals surface area (Å²) in [5, 5.41) is 0. The molecule has 7 nitrogen and oxygen atoms in total. The second kappa shape index (κ2) is 12.6. The maximum absolute atomic E-state index is 6.29. The Morgan fingerprint density at radius 1 is 0.279 bits per heavy atom. The van der Waals surface area contributed by atoms with Crippen molar-refractivity contribution < 1.29 is 23.7 Å². The van der Waals surface area contributed by atoms with Gasteiger partial charge < -0.3 is 35.2 Å². The molecule has 0 radical (unpaired) electrons. The molecule has 6 aromatic carbocycles. The Labute approximate surface area is 249 Å². The fourth-order valence-electron chi connectivity index (χ4n) is 4.19. The van der Waals surface area contributed by atoms with Crippen LogP contribution in [0.2, 0.25) is 0 Å². The lowest BCUT2D eigenvalue weighted by molar-refractivity contribution is 0.393. The van der Waals surface area contributed by atoms with Gasteiger partial charge in [0.1, 0.15) is 34.5 Å². The topological polar surface area (TPSA) is 98.2 Å². The van der Waals surface area contributed by atoms with Gasteiger partial charge in [-0.3, -0.25) is 0 Å². The summed E-state index contributed by atoms with van der Waals surface area (Å²) in [5.41, 5.74) is 13.0. The predicted octanol–water partition coefficient (Wildman–Crippen LogP) is 9.81. The molecular formula is C36H28N2O5. The molecule has 0 saturated carbocycles. The minimum Gasteiger partial charge on any atom is -0.457 e. The average Bonchev–Trinajstić information content (AvgIpc) is 3.01. The van der Waals surface area contributed by atoms with Crippen molar-refractivity contribution >= 4 is 11.4 Å². The van der Waals surface area contributed by atoms with Gasteiger partial charge in [0, 0.05) is 23.5 Å². The molecule has 0 bridgehead atoms. The summed E-state index contributed by atoms with van der Waals surface area (Å²) in [7, 11) is 0. The highest BCUT2D eigenvalue weighted by atomic mass is 16.5. The van der Waals surface area contributed by atoms with Gasteiger partial charge in [-0.1, -0.05) is 36.4 Å². The summed E-state index contributed by atoms with van der Waals surface area (Å²) in [5.74, 6) is 6.06. The maximum atomic E-state index is 6.29. The van der Waals surface area contributed by atoms with Gasteiger partial charge in [-0.25, -0.2) is 0 Å². The van der Waals surface area contributed by atoms with Crippen molar-refractivity contribution in [1.82, 2.24) is 0 Å². The number of para-hydroxylation sites is 4. The van der Waals surface area contributed by atoms with Gasteiger partial charge >= 0.3 is 0 Å². The molecule has 4 N–H and O–H groups in total. The number of rotatable bonds is 10. The molecular weight excluding hydrogens is 540 g/mol. The van der Waals surface area contributed by atoms with Gasteiger partial charge in [-0.05, 0) is 97.1 Å². The Hall–Kier alpha value is -6.08. The number of ether oxygens (including phenoxy) is 5. The number of benzene rings is 6. The fourth-order valence-corrected chi connectivity index (χ4v) is 4.19. The molecule has 0 saturated heterocycles. The molecule has 212 valence electrons. The first kappa shape index (κ1) is 27.1. The highest BCUT2D eigenvalue weighted by Crippen LogP contribution is 2.40. The van der Waals surface area contributed by atoms with Gasteiger partial charge in [-0.15, -0.1) is 0 Å². The van der Waals surface area contributed by atoms with Crippen LogP contribution in [0.25, 0.3) is 0 Å². The standard InChI is InChI=1S/C36H28N2O5/c37-25-7-5-9-31(23-25)39-27-15-19-29(20-16-27)41-33-11-1-3-13-35(33)43-36-14-4-2-12-34(36)42-30-21-17-28(18-22-30)40-32-10-6-8-26(38)24-32/h1-24H,37-38H2. The summed E-state index contributed by atoms with van der Waals surface area (Å²) >= 11 is 0. The molecule has 0 atom stereocenters. The Morgan fingerprint density at radius 3 is 0.953 bits per heavy atom. The summed E-state index contributed by atoms with van der Waals surface area (Å²) in [6, 6.07) is 44.1. The van der Waals surface area contributed by atoms with E-state index in [0.717, 1.165) is 0 Å². The quantitative estimate of drug-likeness (QED) is 0.159. The Kier molecular flexibility index (Phi) is 7.95. The van der Waals surface area contributed by atoms with Crippen LogP contribution in [0.15, 0.2) is 146 Å². The smallest absolute Gasteiger partial charge is 0.170 e. The van der Waals surface area contributed by atoms with Crippen LogP contribution in [0.1, 0.15) is 0 Å². The lowest BCUT2D eigenvalue weighted by Gasteiger charge is -2.15. The summed E-state index contributed by atoms with van der Waals surface area (Å²) in [6.45, 7) is 0. The third-order valence-corrected chi connectivity index (χ3v) is 6.21. The van der Waals surface area contributed by atoms with Crippen LogP contribution >= 0.6 is 0 Å². The molecule has 0 unspecified atom stereocenters. The van der Waals surface area contributed by atoms with Crippen molar-refractivity contribution in [3.05, 3.63) is 146 Å². The first-order valence-electron chi connectivity index (χ1n) is 13.6. The van der Waals surface area contributed by atoms with Crippen LogP contribution < -0.4 is 35.2 Å². The van der Waals surface area contributed by atoms with E-state index in [2.05, 4.69) is 0 Å².